The van der Waals surface area contributed by atoms with Crippen LogP contribution in [0.3, 0.4) is 0 Å². The summed E-state index contributed by atoms with van der Waals surface area (Å²) in [7, 11) is -4.62. The van der Waals surface area contributed by atoms with Crippen LogP contribution in [0, 0.1) is 11.8 Å². The van der Waals surface area contributed by atoms with Crippen LogP contribution in [0.5, 0.6) is 0 Å². The second-order valence-corrected chi connectivity index (χ2v) is 7.90. The number of nitrogens with zero attached hydrogens (tertiary/aromatic N) is 1. The second-order valence-electron chi connectivity index (χ2n) is 5.99. The number of hydrogen-bond acceptors (Lipinski definition) is 3. The average Bonchev–Trinajstić information content (AvgIpc) is 2.45. The van der Waals surface area contributed by atoms with E-state index in [0.29, 0.717) is 30.5 Å². The predicted molar refractivity (Wildman–Crippen MR) is 78.5 cm³/mol. The number of alkyl halides is 2. The fraction of sp³-hybridized carbons (Fsp3) is 0.533. The summed E-state index contributed by atoms with van der Waals surface area (Å²) in [6.45, 7) is 5.46. The highest BCUT2D eigenvalue weighted by molar-refractivity contribution is 7.91. The van der Waals surface area contributed by atoms with Gasteiger partial charge in [0.1, 0.15) is 0 Å². The van der Waals surface area contributed by atoms with Gasteiger partial charge < -0.3 is 4.90 Å². The highest BCUT2D eigenvalue weighted by Gasteiger charge is 2.28. The Morgan fingerprint density at radius 2 is 1.64 bits per heavy atom. The molecule has 1 saturated heterocycles. The van der Waals surface area contributed by atoms with Gasteiger partial charge in [-0.15, -0.1) is 0 Å². The first-order valence-electron chi connectivity index (χ1n) is 7.13. The van der Waals surface area contributed by atoms with Gasteiger partial charge in [-0.2, -0.15) is 8.78 Å². The van der Waals surface area contributed by atoms with E-state index in [-0.39, 0.29) is 5.91 Å². The summed E-state index contributed by atoms with van der Waals surface area (Å²) >= 11 is 0. The number of carbonyl (C=O) groups excluding carboxylic acids is 1. The molecule has 1 aliphatic rings. The fourth-order valence-corrected chi connectivity index (χ4v) is 3.62. The van der Waals surface area contributed by atoms with Crippen LogP contribution in [0.15, 0.2) is 29.2 Å². The van der Waals surface area contributed by atoms with Crippen molar-refractivity contribution in [2.75, 3.05) is 13.1 Å². The standard InChI is InChI=1S/C15H19F2NO3S/c1-10-7-11(2)9-18(8-10)14(19)12-3-5-13(6-4-12)22(20,21)15(16)17/h3-6,10-11,15H,7-9H2,1-2H3. The van der Waals surface area contributed by atoms with Crippen LogP contribution in [-0.2, 0) is 9.84 Å². The molecule has 0 N–H and O–H groups in total. The molecule has 2 rings (SSSR count). The van der Waals surface area contributed by atoms with Gasteiger partial charge in [-0.1, -0.05) is 13.8 Å². The van der Waals surface area contributed by atoms with E-state index in [4.69, 9.17) is 0 Å². The number of amides is 1. The molecule has 1 aromatic rings. The molecular formula is C15H19F2NO3S. The monoisotopic (exact) mass is 331 g/mol. The van der Waals surface area contributed by atoms with E-state index < -0.39 is 20.5 Å². The first-order valence-corrected chi connectivity index (χ1v) is 8.68. The van der Waals surface area contributed by atoms with Gasteiger partial charge in [0.15, 0.2) is 0 Å². The SMILES string of the molecule is CC1CC(C)CN(C(=O)c2ccc(S(=O)(=O)C(F)F)cc2)C1. The van der Waals surface area contributed by atoms with Gasteiger partial charge in [-0.3, -0.25) is 4.79 Å². The third-order valence-electron chi connectivity index (χ3n) is 3.82. The van der Waals surface area contributed by atoms with Crippen LogP contribution in [0.2, 0.25) is 0 Å². The lowest BCUT2D eigenvalue weighted by molar-refractivity contribution is 0.0623. The molecule has 1 aliphatic heterocycles. The van der Waals surface area contributed by atoms with Crippen molar-refractivity contribution in [1.82, 2.24) is 4.90 Å². The van der Waals surface area contributed by atoms with Gasteiger partial charge >= 0.3 is 5.76 Å². The Morgan fingerprint density at radius 3 is 2.09 bits per heavy atom. The van der Waals surface area contributed by atoms with E-state index in [9.17, 15) is 22.0 Å². The van der Waals surface area contributed by atoms with Crippen LogP contribution in [0.1, 0.15) is 30.6 Å². The molecule has 122 valence electrons. The van der Waals surface area contributed by atoms with Crippen LogP contribution in [0.4, 0.5) is 8.78 Å². The van der Waals surface area contributed by atoms with E-state index >= 15 is 0 Å². The smallest absolute Gasteiger partial charge is 0.338 e. The van der Waals surface area contributed by atoms with E-state index in [2.05, 4.69) is 13.8 Å². The molecule has 1 heterocycles. The van der Waals surface area contributed by atoms with Crippen molar-refractivity contribution in [2.24, 2.45) is 11.8 Å². The zero-order valence-electron chi connectivity index (χ0n) is 12.5. The Morgan fingerprint density at radius 1 is 1.14 bits per heavy atom. The Bertz CT molecular complexity index is 633. The van der Waals surface area contributed by atoms with Gasteiger partial charge in [0.25, 0.3) is 5.91 Å². The van der Waals surface area contributed by atoms with Crippen molar-refractivity contribution in [3.8, 4) is 0 Å². The molecule has 1 aromatic carbocycles. The molecule has 1 fully saturated rings. The number of sulfone groups is 1. The van der Waals surface area contributed by atoms with Crippen molar-refractivity contribution in [3.63, 3.8) is 0 Å². The van der Waals surface area contributed by atoms with Crippen LogP contribution >= 0.6 is 0 Å². The molecule has 0 aromatic heterocycles. The summed E-state index contributed by atoms with van der Waals surface area (Å²) in [6.07, 6.45) is 1.06. The molecule has 2 unspecified atom stereocenters. The average molecular weight is 331 g/mol. The molecule has 2 atom stereocenters. The molecule has 22 heavy (non-hydrogen) atoms. The number of carbonyl (C=O) groups is 1. The van der Waals surface area contributed by atoms with E-state index in [1.807, 2.05) is 0 Å². The van der Waals surface area contributed by atoms with Crippen LogP contribution < -0.4 is 0 Å². The zero-order chi connectivity index (χ0) is 16.5. The zero-order valence-corrected chi connectivity index (χ0v) is 13.3. The lowest BCUT2D eigenvalue weighted by atomic mass is 9.91. The first kappa shape index (κ1) is 16.9. The van der Waals surface area contributed by atoms with Gasteiger partial charge in [0.2, 0.25) is 9.84 Å². The molecule has 1 amide bonds. The maximum Gasteiger partial charge on any atom is 0.341 e. The number of benzene rings is 1. The molecular weight excluding hydrogens is 312 g/mol. The Kier molecular flexibility index (Phi) is 4.84. The topological polar surface area (TPSA) is 54.5 Å². The Balaban J connectivity index is 2.18. The maximum absolute atomic E-state index is 12.5. The summed E-state index contributed by atoms with van der Waals surface area (Å²) in [5, 5.41) is 0. The second kappa shape index (κ2) is 6.32. The van der Waals surface area contributed by atoms with Gasteiger partial charge in [-0.25, -0.2) is 8.42 Å². The fourth-order valence-electron chi connectivity index (χ4n) is 2.90. The highest BCUT2D eigenvalue weighted by Crippen LogP contribution is 2.23. The van der Waals surface area contributed by atoms with Gasteiger partial charge in [0.05, 0.1) is 4.90 Å². The molecule has 4 nitrogen and oxygen atoms in total. The lowest BCUT2D eigenvalue weighted by Crippen LogP contribution is -2.42. The molecule has 0 saturated carbocycles. The summed E-state index contributed by atoms with van der Waals surface area (Å²) in [5.41, 5.74) is 0.314. The van der Waals surface area contributed by atoms with Crippen molar-refractivity contribution in [3.05, 3.63) is 29.8 Å². The minimum absolute atomic E-state index is 0.195. The predicted octanol–water partition coefficient (Wildman–Crippen LogP) is 2.80. The summed E-state index contributed by atoms with van der Waals surface area (Å²) in [5.74, 6) is -2.84. The normalized spacial score (nSPS) is 22.9. The van der Waals surface area contributed by atoms with E-state index in [0.717, 1.165) is 18.6 Å². The van der Waals surface area contributed by atoms with Crippen LogP contribution in [-0.4, -0.2) is 38.1 Å². The maximum atomic E-state index is 12.5. The van der Waals surface area contributed by atoms with Gasteiger partial charge in [0, 0.05) is 18.7 Å². The Hall–Kier alpha value is -1.50. The summed E-state index contributed by atoms with van der Waals surface area (Å²) in [4.78, 5) is 13.7. The largest absolute Gasteiger partial charge is 0.341 e. The molecule has 0 spiro atoms. The number of hydrogen-bond donors (Lipinski definition) is 0. The molecule has 0 radical (unpaired) electrons. The van der Waals surface area contributed by atoms with Crippen molar-refractivity contribution >= 4 is 15.7 Å². The molecule has 0 bridgehead atoms. The summed E-state index contributed by atoms with van der Waals surface area (Å²) < 4.78 is 47.7. The number of piperidine rings is 1. The molecule has 0 aliphatic carbocycles. The third kappa shape index (κ3) is 3.45. The Labute approximate surface area is 129 Å². The number of rotatable bonds is 3. The van der Waals surface area contributed by atoms with Crippen molar-refractivity contribution in [2.45, 2.75) is 30.9 Å². The minimum Gasteiger partial charge on any atom is -0.338 e. The van der Waals surface area contributed by atoms with Gasteiger partial charge in [-0.05, 0) is 42.5 Å². The molecule has 7 heteroatoms. The van der Waals surface area contributed by atoms with Crippen molar-refractivity contribution in [1.29, 1.82) is 0 Å². The lowest BCUT2D eigenvalue weighted by Gasteiger charge is -2.35. The van der Waals surface area contributed by atoms with E-state index in [1.54, 1.807) is 4.90 Å². The van der Waals surface area contributed by atoms with Crippen molar-refractivity contribution < 1.29 is 22.0 Å². The minimum atomic E-state index is -4.62. The highest BCUT2D eigenvalue weighted by atomic mass is 32.2. The van der Waals surface area contributed by atoms with E-state index in [1.165, 1.54) is 12.1 Å². The third-order valence-corrected chi connectivity index (χ3v) is 5.22. The quantitative estimate of drug-likeness (QED) is 0.856. The first-order chi connectivity index (χ1) is 10.2. The number of likely N-dealkylation sites (tertiary alicyclic amines) is 1. The van der Waals surface area contributed by atoms with Crippen LogP contribution in [0.25, 0.3) is 0 Å². The number of halogens is 2. The summed E-state index contributed by atoms with van der Waals surface area (Å²) in [6, 6.07) is 4.71.